The molecule has 2 aromatic carbocycles. The number of amides is 2. The van der Waals surface area contributed by atoms with Crippen LogP contribution in [0.1, 0.15) is 29.3 Å². The molecule has 0 unspecified atom stereocenters. The molecule has 0 saturated carbocycles. The van der Waals surface area contributed by atoms with Crippen molar-refractivity contribution >= 4 is 29.0 Å². The van der Waals surface area contributed by atoms with Crippen molar-refractivity contribution in [3.63, 3.8) is 0 Å². The average molecular weight is 401 g/mol. The van der Waals surface area contributed by atoms with Crippen LogP contribution in [0.5, 0.6) is 0 Å². The van der Waals surface area contributed by atoms with Gasteiger partial charge in [-0.3, -0.25) is 9.59 Å². The van der Waals surface area contributed by atoms with Gasteiger partial charge in [-0.25, -0.2) is 4.39 Å². The zero-order valence-electron chi connectivity index (χ0n) is 15.7. The van der Waals surface area contributed by atoms with E-state index in [1.807, 2.05) is 0 Å². The highest BCUT2D eigenvalue weighted by atomic mass is 35.5. The molecule has 0 spiro atoms. The van der Waals surface area contributed by atoms with Gasteiger partial charge in [-0.05, 0) is 48.7 Å². The minimum absolute atomic E-state index is 0.119. The SMILES string of the molecule is C/C(=C/C(=O)N1CCCN(C(=O)c2ccccc2Cl)CC1)c1cccc(F)c1. The van der Waals surface area contributed by atoms with Gasteiger partial charge in [0.15, 0.2) is 0 Å². The number of allylic oxidation sites excluding steroid dienone is 1. The van der Waals surface area contributed by atoms with Gasteiger partial charge in [-0.2, -0.15) is 0 Å². The maximum atomic E-state index is 13.4. The molecule has 1 fully saturated rings. The standard InChI is InChI=1S/C22H22ClFN2O2/c1-16(17-6-4-7-18(24)15-17)14-21(27)25-10-5-11-26(13-12-25)22(28)19-8-2-3-9-20(19)23/h2-4,6-9,14-15H,5,10-13H2,1H3/b16-14-. The number of halogens is 2. The Hall–Kier alpha value is -2.66. The molecule has 0 N–H and O–H groups in total. The molecule has 2 amide bonds. The summed E-state index contributed by atoms with van der Waals surface area (Å²) in [5.41, 5.74) is 1.86. The fourth-order valence-electron chi connectivity index (χ4n) is 3.24. The molecule has 2 aromatic rings. The van der Waals surface area contributed by atoms with E-state index in [9.17, 15) is 14.0 Å². The third kappa shape index (κ3) is 4.78. The highest BCUT2D eigenvalue weighted by molar-refractivity contribution is 6.33. The molecule has 146 valence electrons. The maximum Gasteiger partial charge on any atom is 0.255 e. The second-order valence-corrected chi connectivity index (χ2v) is 7.20. The van der Waals surface area contributed by atoms with Crippen LogP contribution in [-0.2, 0) is 4.79 Å². The first kappa shape index (κ1) is 20.1. The summed E-state index contributed by atoms with van der Waals surface area (Å²) in [4.78, 5) is 28.8. The lowest BCUT2D eigenvalue weighted by molar-refractivity contribution is -0.125. The summed E-state index contributed by atoms with van der Waals surface area (Å²) < 4.78 is 13.4. The van der Waals surface area contributed by atoms with Gasteiger partial charge in [-0.1, -0.05) is 35.9 Å². The summed E-state index contributed by atoms with van der Waals surface area (Å²) >= 11 is 6.14. The van der Waals surface area contributed by atoms with Crippen molar-refractivity contribution in [2.45, 2.75) is 13.3 Å². The smallest absolute Gasteiger partial charge is 0.255 e. The van der Waals surface area contributed by atoms with E-state index in [0.717, 1.165) is 0 Å². The zero-order chi connectivity index (χ0) is 20.1. The van der Waals surface area contributed by atoms with E-state index in [0.29, 0.717) is 54.3 Å². The van der Waals surface area contributed by atoms with Crippen LogP contribution in [0.3, 0.4) is 0 Å². The molecular weight excluding hydrogens is 379 g/mol. The zero-order valence-corrected chi connectivity index (χ0v) is 16.5. The average Bonchev–Trinajstić information content (AvgIpc) is 2.94. The van der Waals surface area contributed by atoms with Crippen molar-refractivity contribution in [3.8, 4) is 0 Å². The number of hydrogen-bond donors (Lipinski definition) is 0. The van der Waals surface area contributed by atoms with Crippen LogP contribution in [0.2, 0.25) is 5.02 Å². The quantitative estimate of drug-likeness (QED) is 0.722. The minimum atomic E-state index is -0.332. The molecule has 0 aromatic heterocycles. The topological polar surface area (TPSA) is 40.6 Å². The Balaban J connectivity index is 1.66. The Labute approximate surface area is 169 Å². The third-order valence-electron chi connectivity index (χ3n) is 4.82. The highest BCUT2D eigenvalue weighted by Gasteiger charge is 2.23. The lowest BCUT2D eigenvalue weighted by Gasteiger charge is -2.22. The fraction of sp³-hybridized carbons (Fsp3) is 0.273. The summed E-state index contributed by atoms with van der Waals surface area (Å²) in [6.45, 7) is 3.82. The van der Waals surface area contributed by atoms with Crippen molar-refractivity contribution in [3.05, 3.63) is 76.6 Å². The molecule has 1 heterocycles. The molecule has 1 aliphatic rings. The van der Waals surface area contributed by atoms with Crippen LogP contribution >= 0.6 is 11.6 Å². The Morgan fingerprint density at radius 2 is 1.71 bits per heavy atom. The van der Waals surface area contributed by atoms with Gasteiger partial charge in [0.05, 0.1) is 10.6 Å². The summed E-state index contributed by atoms with van der Waals surface area (Å²) in [6.07, 6.45) is 2.22. The van der Waals surface area contributed by atoms with Crippen molar-refractivity contribution in [2.24, 2.45) is 0 Å². The van der Waals surface area contributed by atoms with E-state index in [-0.39, 0.29) is 17.6 Å². The second kappa shape index (κ2) is 9.02. The van der Waals surface area contributed by atoms with Crippen LogP contribution < -0.4 is 0 Å². The molecule has 0 bridgehead atoms. The lowest BCUT2D eigenvalue weighted by Crippen LogP contribution is -2.37. The number of carbonyl (C=O) groups excluding carboxylic acids is 2. The van der Waals surface area contributed by atoms with Crippen LogP contribution in [0, 0.1) is 5.82 Å². The first-order valence-corrected chi connectivity index (χ1v) is 9.60. The molecule has 6 heteroatoms. The van der Waals surface area contributed by atoms with Gasteiger partial charge in [0, 0.05) is 32.3 Å². The summed E-state index contributed by atoms with van der Waals surface area (Å²) in [7, 11) is 0. The first-order chi connectivity index (χ1) is 13.5. The third-order valence-corrected chi connectivity index (χ3v) is 5.15. The summed E-state index contributed by atoms with van der Waals surface area (Å²) in [5.74, 6) is -0.582. The van der Waals surface area contributed by atoms with Gasteiger partial charge in [0.2, 0.25) is 5.91 Å². The van der Waals surface area contributed by atoms with Gasteiger partial charge in [0.25, 0.3) is 5.91 Å². The number of benzene rings is 2. The summed E-state index contributed by atoms with van der Waals surface area (Å²) in [5, 5.41) is 0.429. The van der Waals surface area contributed by atoms with Crippen molar-refractivity contribution in [1.82, 2.24) is 9.80 Å². The van der Waals surface area contributed by atoms with Crippen molar-refractivity contribution in [2.75, 3.05) is 26.2 Å². The van der Waals surface area contributed by atoms with Gasteiger partial charge >= 0.3 is 0 Å². The molecule has 1 saturated heterocycles. The van der Waals surface area contributed by atoms with E-state index in [4.69, 9.17) is 11.6 Å². The molecule has 1 aliphatic heterocycles. The highest BCUT2D eigenvalue weighted by Crippen LogP contribution is 2.19. The maximum absolute atomic E-state index is 13.4. The molecular formula is C22H22ClFN2O2. The lowest BCUT2D eigenvalue weighted by atomic mass is 10.1. The minimum Gasteiger partial charge on any atom is -0.337 e. The van der Waals surface area contributed by atoms with Crippen LogP contribution in [-0.4, -0.2) is 47.8 Å². The number of carbonyl (C=O) groups is 2. The monoisotopic (exact) mass is 400 g/mol. The Morgan fingerprint density at radius 1 is 1.00 bits per heavy atom. The van der Waals surface area contributed by atoms with Gasteiger partial charge in [0.1, 0.15) is 5.82 Å². The predicted molar refractivity (Wildman–Crippen MR) is 109 cm³/mol. The van der Waals surface area contributed by atoms with Crippen molar-refractivity contribution < 1.29 is 14.0 Å². The largest absolute Gasteiger partial charge is 0.337 e. The van der Waals surface area contributed by atoms with Crippen LogP contribution in [0.4, 0.5) is 4.39 Å². The van der Waals surface area contributed by atoms with E-state index in [1.165, 1.54) is 18.2 Å². The van der Waals surface area contributed by atoms with E-state index < -0.39 is 0 Å². The first-order valence-electron chi connectivity index (χ1n) is 9.22. The van der Waals surface area contributed by atoms with Gasteiger partial charge in [-0.15, -0.1) is 0 Å². The molecule has 0 radical (unpaired) electrons. The van der Waals surface area contributed by atoms with Crippen LogP contribution in [0.15, 0.2) is 54.6 Å². The molecule has 28 heavy (non-hydrogen) atoms. The Kier molecular flexibility index (Phi) is 6.47. The van der Waals surface area contributed by atoms with E-state index in [2.05, 4.69) is 0 Å². The fourth-order valence-corrected chi connectivity index (χ4v) is 3.46. The Morgan fingerprint density at radius 3 is 2.46 bits per heavy atom. The van der Waals surface area contributed by atoms with E-state index >= 15 is 0 Å². The Bertz CT molecular complexity index is 913. The molecule has 0 aliphatic carbocycles. The van der Waals surface area contributed by atoms with Crippen molar-refractivity contribution in [1.29, 1.82) is 0 Å². The molecule has 3 rings (SSSR count). The van der Waals surface area contributed by atoms with E-state index in [1.54, 1.807) is 53.1 Å². The number of nitrogens with zero attached hydrogens (tertiary/aromatic N) is 2. The molecule has 4 nitrogen and oxygen atoms in total. The number of rotatable bonds is 3. The normalized spacial score (nSPS) is 15.3. The van der Waals surface area contributed by atoms with Crippen LogP contribution in [0.25, 0.3) is 5.57 Å². The second-order valence-electron chi connectivity index (χ2n) is 6.79. The predicted octanol–water partition coefficient (Wildman–Crippen LogP) is 4.26. The van der Waals surface area contributed by atoms with Gasteiger partial charge < -0.3 is 9.80 Å². The summed E-state index contributed by atoms with van der Waals surface area (Å²) in [6, 6.07) is 13.2. The molecule has 0 atom stereocenters. The number of hydrogen-bond acceptors (Lipinski definition) is 2.